The van der Waals surface area contributed by atoms with Crippen molar-refractivity contribution in [2.24, 2.45) is 17.3 Å². The van der Waals surface area contributed by atoms with Crippen LogP contribution in [0.1, 0.15) is 63.4 Å². The van der Waals surface area contributed by atoms with Gasteiger partial charge in [-0.25, -0.2) is 4.79 Å². The van der Waals surface area contributed by atoms with Crippen molar-refractivity contribution in [1.82, 2.24) is 0 Å². The van der Waals surface area contributed by atoms with Crippen molar-refractivity contribution in [1.29, 1.82) is 0 Å². The van der Waals surface area contributed by atoms with Gasteiger partial charge in [-0.2, -0.15) is 0 Å². The fourth-order valence-electron chi connectivity index (χ4n) is 9.12. The van der Waals surface area contributed by atoms with E-state index in [-0.39, 0.29) is 18.8 Å². The monoisotopic (exact) mass is 564 g/mol. The standard InChI is InChI=1S/C29H40O11/c1-26-10-6-16-17(29(26,37)12-18(31)21(26)15-4-5-20(32)38-14-15)7-11-27(8-2-3-9-28(16,27)36)40-25-24(35)23(34)22(33)19(13-30)39-25/h2,4-5,8,14,16-19,21-25,30-31,33-37H,3,6-7,9-13H2,1H3/t16-,17+,18+,19-,21+,22-,23-,24+,25-,26-,27-,28+,29+/m1/s1. The molecular weight excluding hydrogens is 524 g/mol. The van der Waals surface area contributed by atoms with E-state index in [2.05, 4.69) is 0 Å². The van der Waals surface area contributed by atoms with Gasteiger partial charge in [0.15, 0.2) is 6.29 Å². The Hall–Kier alpha value is -1.67. The normalized spacial score (nSPS) is 52.0. The predicted octanol–water partition coefficient (Wildman–Crippen LogP) is -0.318. The van der Waals surface area contributed by atoms with Crippen molar-refractivity contribution in [2.75, 3.05) is 6.61 Å². The number of aliphatic hydroxyl groups excluding tert-OH is 5. The number of allylic oxidation sites excluding steroid dienone is 1. The van der Waals surface area contributed by atoms with Crippen molar-refractivity contribution in [3.8, 4) is 0 Å². The van der Waals surface area contributed by atoms with E-state index in [1.54, 1.807) is 12.1 Å². The average Bonchev–Trinajstić information content (AvgIpc) is 3.14. The third-order valence-electron chi connectivity index (χ3n) is 11.2. The lowest BCUT2D eigenvalue weighted by molar-refractivity contribution is -0.357. The van der Waals surface area contributed by atoms with E-state index in [1.165, 1.54) is 12.3 Å². The second-order valence-electron chi connectivity index (χ2n) is 12.8. The van der Waals surface area contributed by atoms with E-state index in [4.69, 9.17) is 13.9 Å². The molecule has 1 aliphatic heterocycles. The molecule has 1 saturated heterocycles. The second kappa shape index (κ2) is 9.68. The third-order valence-corrected chi connectivity index (χ3v) is 11.2. The third kappa shape index (κ3) is 3.79. The highest BCUT2D eigenvalue weighted by atomic mass is 16.7. The molecule has 11 nitrogen and oxygen atoms in total. The van der Waals surface area contributed by atoms with Crippen LogP contribution in [0.3, 0.4) is 0 Å². The van der Waals surface area contributed by atoms with E-state index >= 15 is 0 Å². The number of fused-ring (bicyclic) bond motifs is 5. The molecule has 6 rings (SSSR count). The SMILES string of the molecule is C[C@]12CC[C@@H]3[C@H](CC[C@]4(O[C@H]5O[C@H](CO)[C@@H](O)[C@@H](O)[C@@H]5O)C=CCC[C@]34O)[C@@]1(O)C[C@H](O)[C@@H]2c1ccc(=O)oc1. The maximum atomic E-state index is 12.5. The molecule has 11 heteroatoms. The van der Waals surface area contributed by atoms with Gasteiger partial charge in [0.25, 0.3) is 0 Å². The zero-order valence-electron chi connectivity index (χ0n) is 22.5. The van der Waals surface area contributed by atoms with E-state index in [0.717, 1.165) is 0 Å². The van der Waals surface area contributed by atoms with Gasteiger partial charge in [0.2, 0.25) is 0 Å². The van der Waals surface area contributed by atoms with Gasteiger partial charge in [-0.3, -0.25) is 0 Å². The first kappa shape index (κ1) is 28.4. The first-order chi connectivity index (χ1) is 18.9. The molecule has 5 aliphatic rings. The van der Waals surface area contributed by atoms with Gasteiger partial charge in [-0.15, -0.1) is 0 Å². The molecule has 1 aromatic rings. The van der Waals surface area contributed by atoms with Crippen molar-refractivity contribution in [3.63, 3.8) is 0 Å². The van der Waals surface area contributed by atoms with Crippen LogP contribution in [-0.4, -0.2) is 96.0 Å². The van der Waals surface area contributed by atoms with Crippen LogP contribution in [0.25, 0.3) is 0 Å². The summed E-state index contributed by atoms with van der Waals surface area (Å²) >= 11 is 0. The Bertz CT molecular complexity index is 1180. The fourth-order valence-corrected chi connectivity index (χ4v) is 9.12. The van der Waals surface area contributed by atoms with Gasteiger partial charge in [0.05, 0.1) is 24.6 Å². The van der Waals surface area contributed by atoms with E-state index in [0.29, 0.717) is 37.7 Å². The van der Waals surface area contributed by atoms with Crippen LogP contribution in [0.15, 0.2) is 39.8 Å². The van der Waals surface area contributed by atoms with Crippen LogP contribution in [-0.2, 0) is 9.47 Å². The van der Waals surface area contributed by atoms with Crippen LogP contribution in [0.2, 0.25) is 0 Å². The van der Waals surface area contributed by atoms with Crippen LogP contribution in [0.4, 0.5) is 0 Å². The van der Waals surface area contributed by atoms with E-state index in [1.807, 2.05) is 13.0 Å². The van der Waals surface area contributed by atoms with Crippen molar-refractivity contribution >= 4 is 0 Å². The molecule has 0 spiro atoms. The molecule has 0 radical (unpaired) electrons. The van der Waals surface area contributed by atoms with Crippen molar-refractivity contribution < 1.29 is 49.6 Å². The molecule has 3 saturated carbocycles. The molecule has 0 unspecified atom stereocenters. The maximum absolute atomic E-state index is 12.5. The summed E-state index contributed by atoms with van der Waals surface area (Å²) in [4.78, 5) is 11.6. The van der Waals surface area contributed by atoms with Crippen LogP contribution in [0.5, 0.6) is 0 Å². The van der Waals surface area contributed by atoms with Gasteiger partial charge < -0.3 is 49.6 Å². The summed E-state index contributed by atoms with van der Waals surface area (Å²) in [7, 11) is 0. The number of hydrogen-bond donors (Lipinski definition) is 7. The fraction of sp³-hybridized carbons (Fsp3) is 0.759. The molecule has 0 bridgehead atoms. The molecule has 2 heterocycles. The maximum Gasteiger partial charge on any atom is 0.335 e. The summed E-state index contributed by atoms with van der Waals surface area (Å²) in [6, 6.07) is 2.96. The first-order valence-electron chi connectivity index (χ1n) is 14.3. The Labute approximate surface area is 231 Å². The number of hydrogen-bond acceptors (Lipinski definition) is 11. The minimum absolute atomic E-state index is 0.112. The molecule has 13 atom stereocenters. The molecule has 222 valence electrons. The minimum atomic E-state index is -1.61. The predicted molar refractivity (Wildman–Crippen MR) is 138 cm³/mol. The van der Waals surface area contributed by atoms with Gasteiger partial charge >= 0.3 is 5.63 Å². The molecule has 0 aromatic carbocycles. The molecular formula is C29H40O11. The second-order valence-corrected chi connectivity index (χ2v) is 12.8. The summed E-state index contributed by atoms with van der Waals surface area (Å²) in [5.41, 5.74) is -4.66. The molecule has 1 aromatic heterocycles. The molecule has 7 N–H and O–H groups in total. The zero-order valence-corrected chi connectivity index (χ0v) is 22.5. The van der Waals surface area contributed by atoms with Crippen LogP contribution < -0.4 is 5.63 Å². The van der Waals surface area contributed by atoms with Gasteiger partial charge in [-0.1, -0.05) is 19.1 Å². The molecule has 0 amide bonds. The Morgan fingerprint density at radius 2 is 1.70 bits per heavy atom. The Morgan fingerprint density at radius 3 is 2.40 bits per heavy atom. The number of rotatable bonds is 4. The lowest BCUT2D eigenvalue weighted by Gasteiger charge is -2.64. The van der Waals surface area contributed by atoms with Gasteiger partial charge in [0, 0.05) is 23.8 Å². The highest BCUT2D eigenvalue weighted by Crippen LogP contribution is 2.69. The lowest BCUT2D eigenvalue weighted by atomic mass is 9.46. The van der Waals surface area contributed by atoms with Gasteiger partial charge in [0.1, 0.15) is 35.6 Å². The summed E-state index contributed by atoms with van der Waals surface area (Å²) < 4.78 is 17.1. The lowest BCUT2D eigenvalue weighted by Crippen LogP contribution is -2.72. The number of aliphatic hydroxyl groups is 7. The minimum Gasteiger partial charge on any atom is -0.431 e. The topological polar surface area (TPSA) is 190 Å². The highest BCUT2D eigenvalue weighted by molar-refractivity contribution is 5.32. The average molecular weight is 565 g/mol. The quantitative estimate of drug-likeness (QED) is 0.187. The molecule has 40 heavy (non-hydrogen) atoms. The first-order valence-corrected chi connectivity index (χ1v) is 14.3. The van der Waals surface area contributed by atoms with Gasteiger partial charge in [-0.05, 0) is 62.0 Å². The zero-order chi connectivity index (χ0) is 28.7. The Kier molecular flexibility index (Phi) is 6.89. The molecule has 4 aliphatic carbocycles. The Morgan fingerprint density at radius 1 is 0.975 bits per heavy atom. The van der Waals surface area contributed by atoms with E-state index in [9.17, 15) is 40.5 Å². The smallest absolute Gasteiger partial charge is 0.335 e. The number of ether oxygens (including phenoxy) is 2. The Balaban J connectivity index is 1.33. The summed E-state index contributed by atoms with van der Waals surface area (Å²) in [5, 5.41) is 77.1. The van der Waals surface area contributed by atoms with Crippen molar-refractivity contribution in [2.45, 2.75) is 111 Å². The molecule has 4 fully saturated rings. The summed E-state index contributed by atoms with van der Waals surface area (Å²) in [5.74, 6) is -1.24. The van der Waals surface area contributed by atoms with Crippen LogP contribution >= 0.6 is 0 Å². The highest BCUT2D eigenvalue weighted by Gasteiger charge is 2.72. The largest absolute Gasteiger partial charge is 0.431 e. The summed E-state index contributed by atoms with van der Waals surface area (Å²) in [6.07, 6.45) is -0.369. The van der Waals surface area contributed by atoms with Crippen LogP contribution in [0, 0.1) is 17.3 Å². The summed E-state index contributed by atoms with van der Waals surface area (Å²) in [6.45, 7) is 1.37. The van der Waals surface area contributed by atoms with E-state index < -0.39 is 83.1 Å². The van der Waals surface area contributed by atoms with Crippen molar-refractivity contribution in [3.05, 3.63) is 46.5 Å².